The van der Waals surface area contributed by atoms with Gasteiger partial charge in [-0.15, -0.1) is 12.4 Å². The van der Waals surface area contributed by atoms with E-state index in [-0.39, 0.29) is 36.2 Å². The molecule has 0 aromatic carbocycles. The molecule has 1 aliphatic rings. The highest BCUT2D eigenvalue weighted by atomic mass is 35.5. The summed E-state index contributed by atoms with van der Waals surface area (Å²) >= 11 is 0. The molecule has 0 spiro atoms. The van der Waals surface area contributed by atoms with Crippen molar-refractivity contribution in [3.63, 3.8) is 0 Å². The molecule has 1 fully saturated rings. The second-order valence-corrected chi connectivity index (χ2v) is 4.87. The highest BCUT2D eigenvalue weighted by molar-refractivity contribution is 5.85. The molecular formula is C12H24ClN3O2. The van der Waals surface area contributed by atoms with Gasteiger partial charge in [-0.05, 0) is 25.7 Å². The number of rotatable bonds is 5. The van der Waals surface area contributed by atoms with E-state index in [1.165, 1.54) is 0 Å². The van der Waals surface area contributed by atoms with E-state index in [9.17, 15) is 9.59 Å². The average Bonchev–Trinajstić information content (AvgIpc) is 2.29. The van der Waals surface area contributed by atoms with E-state index in [1.807, 2.05) is 6.92 Å². The first-order valence-corrected chi connectivity index (χ1v) is 6.39. The first-order chi connectivity index (χ1) is 8.04. The lowest BCUT2D eigenvalue weighted by molar-refractivity contribution is -0.126. The Morgan fingerprint density at radius 2 is 2.06 bits per heavy atom. The van der Waals surface area contributed by atoms with Gasteiger partial charge in [0, 0.05) is 12.0 Å². The van der Waals surface area contributed by atoms with Gasteiger partial charge in [0.1, 0.15) is 0 Å². The van der Waals surface area contributed by atoms with Gasteiger partial charge in [0.25, 0.3) is 0 Å². The van der Waals surface area contributed by atoms with Gasteiger partial charge >= 0.3 is 0 Å². The standard InChI is InChI=1S/C12H23N3O2.ClH/c1-2-4-10(13)12(17)15-9-6-3-5-8(7-9)11(14)16;/h8-10H,2-7,13H2,1H3,(H2,14,16)(H,15,17);1H. The van der Waals surface area contributed by atoms with Crippen LogP contribution in [0.15, 0.2) is 0 Å². The lowest BCUT2D eigenvalue weighted by Gasteiger charge is -2.28. The van der Waals surface area contributed by atoms with Crippen LogP contribution in [0.5, 0.6) is 0 Å². The van der Waals surface area contributed by atoms with Crippen LogP contribution in [0.4, 0.5) is 0 Å². The minimum absolute atomic E-state index is 0. The maximum atomic E-state index is 11.7. The molecule has 0 aromatic heterocycles. The largest absolute Gasteiger partial charge is 0.369 e. The Hall–Kier alpha value is -0.810. The van der Waals surface area contributed by atoms with Crippen LogP contribution in [-0.2, 0) is 9.59 Å². The second-order valence-electron chi connectivity index (χ2n) is 4.87. The molecule has 0 aliphatic heterocycles. The zero-order valence-corrected chi connectivity index (χ0v) is 11.7. The van der Waals surface area contributed by atoms with Gasteiger partial charge in [-0.2, -0.15) is 0 Å². The molecule has 1 saturated carbocycles. The van der Waals surface area contributed by atoms with Crippen LogP contribution in [0.25, 0.3) is 0 Å². The quantitative estimate of drug-likeness (QED) is 0.690. The Morgan fingerprint density at radius 3 is 2.61 bits per heavy atom. The zero-order chi connectivity index (χ0) is 12.8. The number of nitrogens with one attached hydrogen (secondary N) is 1. The molecule has 0 bridgehead atoms. The summed E-state index contributed by atoms with van der Waals surface area (Å²) in [6, 6.07) is -0.384. The Kier molecular flexibility index (Phi) is 7.95. The molecule has 3 atom stereocenters. The summed E-state index contributed by atoms with van der Waals surface area (Å²) in [5.74, 6) is -0.472. The Morgan fingerprint density at radius 1 is 1.39 bits per heavy atom. The molecular weight excluding hydrogens is 254 g/mol. The van der Waals surface area contributed by atoms with Gasteiger partial charge in [-0.3, -0.25) is 9.59 Å². The van der Waals surface area contributed by atoms with Crippen molar-refractivity contribution in [1.29, 1.82) is 0 Å². The fourth-order valence-electron chi connectivity index (χ4n) is 2.33. The Labute approximate surface area is 114 Å². The summed E-state index contributed by atoms with van der Waals surface area (Å²) in [7, 11) is 0. The molecule has 0 heterocycles. The van der Waals surface area contributed by atoms with Gasteiger partial charge in [0.2, 0.25) is 11.8 Å². The number of amides is 2. The molecule has 3 unspecified atom stereocenters. The zero-order valence-electron chi connectivity index (χ0n) is 10.9. The van der Waals surface area contributed by atoms with E-state index in [0.29, 0.717) is 12.8 Å². The summed E-state index contributed by atoms with van der Waals surface area (Å²) in [4.78, 5) is 22.8. The lowest BCUT2D eigenvalue weighted by Crippen LogP contribution is -2.47. The van der Waals surface area contributed by atoms with Gasteiger partial charge in [-0.1, -0.05) is 19.8 Å². The number of nitrogens with two attached hydrogens (primary N) is 2. The van der Waals surface area contributed by atoms with Crippen LogP contribution in [-0.4, -0.2) is 23.9 Å². The normalized spacial score (nSPS) is 24.8. The van der Waals surface area contributed by atoms with Crippen molar-refractivity contribution < 1.29 is 9.59 Å². The molecule has 5 N–H and O–H groups in total. The summed E-state index contributed by atoms with van der Waals surface area (Å²) in [5, 5.41) is 2.92. The van der Waals surface area contributed by atoms with Crippen molar-refractivity contribution in [2.24, 2.45) is 17.4 Å². The fraction of sp³-hybridized carbons (Fsp3) is 0.833. The third-order valence-electron chi connectivity index (χ3n) is 3.36. The van der Waals surface area contributed by atoms with Crippen molar-refractivity contribution in [2.45, 2.75) is 57.5 Å². The van der Waals surface area contributed by atoms with Crippen LogP contribution in [0.2, 0.25) is 0 Å². The molecule has 0 saturated heterocycles. The van der Waals surface area contributed by atoms with E-state index in [2.05, 4.69) is 5.32 Å². The summed E-state index contributed by atoms with van der Waals surface area (Å²) in [6.45, 7) is 2.00. The molecule has 0 aromatic rings. The first kappa shape index (κ1) is 17.2. The van der Waals surface area contributed by atoms with Crippen molar-refractivity contribution in [3.05, 3.63) is 0 Å². The first-order valence-electron chi connectivity index (χ1n) is 6.39. The predicted octanol–water partition coefficient (Wildman–Crippen LogP) is 0.696. The SMILES string of the molecule is CCCC(N)C(=O)NC1CCCC(C(N)=O)C1.Cl. The third-order valence-corrected chi connectivity index (χ3v) is 3.36. The van der Waals surface area contributed by atoms with Crippen LogP contribution in [0.1, 0.15) is 45.4 Å². The minimum Gasteiger partial charge on any atom is -0.369 e. The van der Waals surface area contributed by atoms with E-state index in [1.54, 1.807) is 0 Å². The number of carbonyl (C=O) groups is 2. The Balaban J connectivity index is 0.00000289. The van der Waals surface area contributed by atoms with E-state index in [4.69, 9.17) is 11.5 Å². The van der Waals surface area contributed by atoms with E-state index in [0.717, 1.165) is 25.7 Å². The fourth-order valence-corrected chi connectivity index (χ4v) is 2.33. The highest BCUT2D eigenvalue weighted by Gasteiger charge is 2.27. The molecule has 1 aliphatic carbocycles. The van der Waals surface area contributed by atoms with Crippen molar-refractivity contribution >= 4 is 24.2 Å². The summed E-state index contributed by atoms with van der Waals surface area (Å²) in [5.41, 5.74) is 11.0. The van der Waals surface area contributed by atoms with Crippen molar-refractivity contribution in [3.8, 4) is 0 Å². The van der Waals surface area contributed by atoms with E-state index < -0.39 is 6.04 Å². The highest BCUT2D eigenvalue weighted by Crippen LogP contribution is 2.23. The van der Waals surface area contributed by atoms with Crippen LogP contribution >= 0.6 is 12.4 Å². The van der Waals surface area contributed by atoms with Gasteiger partial charge in [0.05, 0.1) is 6.04 Å². The minimum atomic E-state index is -0.436. The summed E-state index contributed by atoms with van der Waals surface area (Å²) in [6.07, 6.45) is 4.92. The lowest BCUT2D eigenvalue weighted by atomic mass is 9.85. The number of halogens is 1. The maximum Gasteiger partial charge on any atom is 0.237 e. The van der Waals surface area contributed by atoms with Crippen molar-refractivity contribution in [1.82, 2.24) is 5.32 Å². The van der Waals surface area contributed by atoms with Gasteiger partial charge in [0.15, 0.2) is 0 Å². The molecule has 6 heteroatoms. The maximum absolute atomic E-state index is 11.7. The average molecular weight is 278 g/mol. The molecule has 5 nitrogen and oxygen atoms in total. The Bertz CT molecular complexity index is 286. The molecule has 106 valence electrons. The molecule has 1 rings (SSSR count). The van der Waals surface area contributed by atoms with Crippen LogP contribution in [0.3, 0.4) is 0 Å². The number of hydrogen-bond acceptors (Lipinski definition) is 3. The second kappa shape index (κ2) is 8.32. The monoisotopic (exact) mass is 277 g/mol. The van der Waals surface area contributed by atoms with Crippen LogP contribution in [0, 0.1) is 5.92 Å². The van der Waals surface area contributed by atoms with Crippen molar-refractivity contribution in [2.75, 3.05) is 0 Å². The van der Waals surface area contributed by atoms with Gasteiger partial charge < -0.3 is 16.8 Å². The third kappa shape index (κ3) is 5.23. The molecule has 0 radical (unpaired) electrons. The predicted molar refractivity (Wildman–Crippen MR) is 73.2 cm³/mol. The van der Waals surface area contributed by atoms with Crippen LogP contribution < -0.4 is 16.8 Å². The summed E-state index contributed by atoms with van der Waals surface area (Å²) < 4.78 is 0. The number of primary amides is 1. The molecule has 2 amide bonds. The number of hydrogen-bond donors (Lipinski definition) is 3. The smallest absolute Gasteiger partial charge is 0.237 e. The van der Waals surface area contributed by atoms with Gasteiger partial charge in [-0.25, -0.2) is 0 Å². The number of carbonyl (C=O) groups excluding carboxylic acids is 2. The molecule has 18 heavy (non-hydrogen) atoms. The van der Waals surface area contributed by atoms with E-state index >= 15 is 0 Å². The topological polar surface area (TPSA) is 98.2 Å².